The van der Waals surface area contributed by atoms with Crippen LogP contribution in [0.5, 0.6) is 0 Å². The van der Waals surface area contributed by atoms with E-state index in [1.54, 1.807) is 0 Å². The van der Waals surface area contributed by atoms with Crippen molar-refractivity contribution >= 4 is 5.98 Å². The fourth-order valence-corrected chi connectivity index (χ4v) is 24.3. The van der Waals surface area contributed by atoms with Gasteiger partial charge < -0.3 is 24.8 Å². The zero-order valence-electron chi connectivity index (χ0n) is 11.5. The van der Waals surface area contributed by atoms with Crippen molar-refractivity contribution in [3.8, 4) is 0 Å². The Morgan fingerprint density at radius 3 is 2.35 bits per heavy atom. The van der Waals surface area contributed by atoms with Crippen molar-refractivity contribution in [1.82, 2.24) is 3.30 Å². The van der Waals surface area contributed by atoms with E-state index in [9.17, 15) is 0 Å². The van der Waals surface area contributed by atoms with Crippen molar-refractivity contribution in [2.45, 2.75) is 52.7 Å². The van der Waals surface area contributed by atoms with Crippen LogP contribution in [0.25, 0.3) is 0 Å². The first-order valence-corrected chi connectivity index (χ1v) is 18.8. The van der Waals surface area contributed by atoms with Gasteiger partial charge in [0.25, 0.3) is 0 Å². The van der Waals surface area contributed by atoms with Crippen molar-refractivity contribution < 1.29 is 45.7 Å². The summed E-state index contributed by atoms with van der Waals surface area (Å²) in [5, 5.41) is 0. The van der Waals surface area contributed by atoms with Crippen LogP contribution in [-0.4, -0.2) is 12.0 Å². The van der Waals surface area contributed by atoms with Crippen LogP contribution in [0.2, 0.25) is 13.1 Å². The maximum absolute atomic E-state index is 4.00. The third-order valence-electron chi connectivity index (χ3n) is 2.98. The molecule has 0 aromatic carbocycles. The minimum Gasteiger partial charge on any atom is -1.00 e. The van der Waals surface area contributed by atoms with Crippen LogP contribution in [0.1, 0.15) is 33.6 Å². The van der Waals surface area contributed by atoms with Gasteiger partial charge in [-0.05, 0) is 0 Å². The van der Waals surface area contributed by atoms with Gasteiger partial charge >= 0.3 is 104 Å². The largest absolute Gasteiger partial charge is 1.00 e. The summed E-state index contributed by atoms with van der Waals surface area (Å²) in [6, 6.07) is 0.740. The molecule has 1 nitrogen and oxygen atoms in total. The first-order valence-electron chi connectivity index (χ1n) is 6.05. The molecular weight excluding hydrogens is 436 g/mol. The molecule has 5 heteroatoms. The summed E-state index contributed by atoms with van der Waals surface area (Å²) >= 11 is -1.56. The van der Waals surface area contributed by atoms with E-state index in [1.807, 2.05) is 3.33 Å². The maximum Gasteiger partial charge on any atom is -1.00 e. The Kier molecular flexibility index (Phi) is 12.0. The molecule has 0 radical (unpaired) electrons. The van der Waals surface area contributed by atoms with Crippen LogP contribution < -0.4 is 28.1 Å². The average Bonchev–Trinajstić information content (AvgIpc) is 2.60. The molecule has 0 fully saturated rings. The minimum absolute atomic E-state index is 0. The average molecular weight is 460 g/mol. The van der Waals surface area contributed by atoms with Gasteiger partial charge in [0.1, 0.15) is 0 Å². The number of nitrogens with one attached hydrogen (secondary N) is 1. The number of hydrogen-bond donors (Lipinski definition) is 1. The molecule has 0 aromatic rings. The van der Waals surface area contributed by atoms with E-state index in [-0.39, 0.29) is 24.8 Å². The molecule has 1 N–H and O–H groups in total. The summed E-state index contributed by atoms with van der Waals surface area (Å²) < 4.78 is 5.83. The monoisotopic (exact) mass is 460 g/mol. The van der Waals surface area contributed by atoms with Crippen LogP contribution in [0.15, 0.2) is 21.1 Å². The molecule has 0 aromatic heterocycles. The number of halogens is 2. The van der Waals surface area contributed by atoms with Crippen molar-refractivity contribution in [3.63, 3.8) is 0 Å². The van der Waals surface area contributed by atoms with Crippen molar-refractivity contribution in [2.24, 2.45) is 0 Å². The molecule has 1 rings (SSSR count). The van der Waals surface area contributed by atoms with E-state index in [4.69, 9.17) is 0 Å². The second-order valence-electron chi connectivity index (χ2n) is 4.84. The van der Waals surface area contributed by atoms with Gasteiger partial charge in [0.15, 0.2) is 0 Å². The Balaban J connectivity index is 0. The molecule has 17 heavy (non-hydrogen) atoms. The third kappa shape index (κ3) is 6.72. The van der Waals surface area contributed by atoms with E-state index in [0.29, 0.717) is 0 Å². The van der Waals surface area contributed by atoms with Crippen LogP contribution in [0, 0.1) is 0 Å². The first-order chi connectivity index (χ1) is 7.04. The summed E-state index contributed by atoms with van der Waals surface area (Å²) in [5.41, 5.74) is 1.49. The molecular formula is C12H24Cl2HfNSi. The fourth-order valence-electron chi connectivity index (χ4n) is 1.85. The van der Waals surface area contributed by atoms with Crippen LogP contribution in [-0.2, 0) is 20.9 Å². The molecule has 0 saturated heterocycles. The summed E-state index contributed by atoms with van der Waals surface area (Å²) in [7, 11) is 0. The molecule has 1 unspecified atom stereocenters. The third-order valence-corrected chi connectivity index (χ3v) is 27.6. The molecule has 1 atom stereocenters. The summed E-state index contributed by atoms with van der Waals surface area (Å²) in [4.78, 5) is 0. The zero-order chi connectivity index (χ0) is 11.4. The van der Waals surface area contributed by atoms with Gasteiger partial charge in [-0.3, -0.25) is 0 Å². The maximum atomic E-state index is 4.00. The second kappa shape index (κ2) is 9.96. The SMILES string of the molecule is CCC(C)[NH][Hf+2]([C]1=CC(C)=CC1)[SiH](C)C.[Cl-].[Cl-]. The number of hydrogen-bond acceptors (Lipinski definition) is 1. The Bertz CT molecular complexity index is 280. The van der Waals surface area contributed by atoms with Gasteiger partial charge in [-0.2, -0.15) is 0 Å². The van der Waals surface area contributed by atoms with E-state index in [0.717, 1.165) is 6.04 Å². The topological polar surface area (TPSA) is 12.0 Å². The quantitative estimate of drug-likeness (QED) is 0.436. The van der Waals surface area contributed by atoms with Gasteiger partial charge in [0.05, 0.1) is 0 Å². The Hall–Kier alpha value is 1.11. The molecule has 0 amide bonds. The van der Waals surface area contributed by atoms with Gasteiger partial charge in [-0.15, -0.1) is 0 Å². The molecule has 0 spiro atoms. The smallest absolute Gasteiger partial charge is 1.00 e. The minimum atomic E-state index is -1.56. The van der Waals surface area contributed by atoms with Crippen LogP contribution in [0.4, 0.5) is 0 Å². The van der Waals surface area contributed by atoms with Gasteiger partial charge in [-0.1, -0.05) is 0 Å². The summed E-state index contributed by atoms with van der Waals surface area (Å²) in [5.74, 6) is -0.436. The van der Waals surface area contributed by atoms with Crippen LogP contribution >= 0.6 is 0 Å². The van der Waals surface area contributed by atoms with Crippen molar-refractivity contribution in [2.75, 3.05) is 0 Å². The molecule has 0 heterocycles. The van der Waals surface area contributed by atoms with Crippen LogP contribution in [0.3, 0.4) is 0 Å². The van der Waals surface area contributed by atoms with Gasteiger partial charge in [0, 0.05) is 0 Å². The first kappa shape index (κ1) is 20.4. The second-order valence-corrected chi connectivity index (χ2v) is 30.6. The molecule has 1 aliphatic rings. The van der Waals surface area contributed by atoms with E-state index in [2.05, 4.69) is 49.3 Å². The Morgan fingerprint density at radius 1 is 1.41 bits per heavy atom. The number of allylic oxidation sites excluding steroid dienone is 4. The molecule has 0 saturated carbocycles. The van der Waals surface area contributed by atoms with E-state index >= 15 is 0 Å². The van der Waals surface area contributed by atoms with Crippen molar-refractivity contribution in [3.05, 3.63) is 21.1 Å². The standard InChI is InChI=1S/C6H7.C4H10N.C2H7Si.2ClH.Hf/c1-6-4-2-3-5-6;1-3-4(2)5;1-3-2;;;/h4-5H,2H2,1H3;4-5H,3H2,1-2H3;3H,1-2H3;2*1H;/q;-1;;;;+3/p-2. The predicted octanol–water partition coefficient (Wildman–Crippen LogP) is -2.87. The fraction of sp³-hybridized carbons (Fsp3) is 0.667. The summed E-state index contributed by atoms with van der Waals surface area (Å²) in [6.45, 7) is 11.9. The number of rotatable bonds is 5. The molecule has 0 aliphatic heterocycles. The zero-order valence-corrected chi connectivity index (χ0v) is 17.7. The van der Waals surface area contributed by atoms with Crippen molar-refractivity contribution in [1.29, 1.82) is 0 Å². The van der Waals surface area contributed by atoms with Gasteiger partial charge in [0.2, 0.25) is 0 Å². The van der Waals surface area contributed by atoms with E-state index in [1.165, 1.54) is 18.4 Å². The Labute approximate surface area is 128 Å². The van der Waals surface area contributed by atoms with E-state index < -0.39 is 26.9 Å². The molecule has 1 aliphatic carbocycles. The summed E-state index contributed by atoms with van der Waals surface area (Å²) in [6.07, 6.45) is 7.41. The molecule has 99 valence electrons. The predicted molar refractivity (Wildman–Crippen MR) is 68.2 cm³/mol. The molecule has 0 bridgehead atoms. The van der Waals surface area contributed by atoms with Gasteiger partial charge in [-0.25, -0.2) is 0 Å². The normalized spacial score (nSPS) is 15.6. The Morgan fingerprint density at radius 2 is 2.00 bits per heavy atom.